The fourth-order valence-corrected chi connectivity index (χ4v) is 8.88. The largest absolute Gasteiger partial charge is 0.462 e. The fourth-order valence-electron chi connectivity index (χ4n) is 8.88. The van der Waals surface area contributed by atoms with Gasteiger partial charge in [0.2, 0.25) is 0 Å². The minimum absolute atomic E-state index is 0.0822. The van der Waals surface area contributed by atoms with Gasteiger partial charge in [0.05, 0.1) is 6.61 Å². The lowest BCUT2D eigenvalue weighted by molar-refractivity contribution is -0.161. The second kappa shape index (κ2) is 72.0. The number of carbonyl (C=O) groups is 2. The van der Waals surface area contributed by atoms with Crippen LogP contribution in [0.4, 0.5) is 0 Å². The van der Waals surface area contributed by atoms with Crippen molar-refractivity contribution in [3.8, 4) is 0 Å². The van der Waals surface area contributed by atoms with Crippen molar-refractivity contribution in [1.29, 1.82) is 0 Å². The van der Waals surface area contributed by atoms with E-state index < -0.39 is 6.10 Å². The van der Waals surface area contributed by atoms with Crippen LogP contribution in [0.15, 0.2) is 194 Å². The van der Waals surface area contributed by atoms with E-state index in [1.165, 1.54) is 96.3 Å². The van der Waals surface area contributed by atoms with Gasteiger partial charge in [-0.1, -0.05) is 311 Å². The van der Waals surface area contributed by atoms with Gasteiger partial charge in [-0.25, -0.2) is 0 Å². The lowest BCUT2D eigenvalue weighted by atomic mass is 10.0. The highest BCUT2D eigenvalue weighted by Gasteiger charge is 2.16. The first kappa shape index (κ1) is 78.7. The van der Waals surface area contributed by atoms with E-state index in [1.54, 1.807) is 0 Å². The number of allylic oxidation sites excluding steroid dienone is 32. The second-order valence-electron chi connectivity index (χ2n) is 21.8. The molecule has 0 amide bonds. The van der Waals surface area contributed by atoms with Crippen LogP contribution in [0, 0.1) is 0 Å². The van der Waals surface area contributed by atoms with Crippen molar-refractivity contribution in [3.05, 3.63) is 194 Å². The van der Waals surface area contributed by atoms with Crippen molar-refractivity contribution in [1.82, 2.24) is 0 Å². The van der Waals surface area contributed by atoms with Crippen LogP contribution in [0.2, 0.25) is 0 Å². The zero-order valence-electron chi connectivity index (χ0n) is 53.8. The molecule has 0 fully saturated rings. The third-order valence-corrected chi connectivity index (χ3v) is 13.9. The van der Waals surface area contributed by atoms with Gasteiger partial charge in [0.15, 0.2) is 6.10 Å². The number of hydrogen-bond donors (Lipinski definition) is 1. The molecule has 0 aliphatic heterocycles. The average Bonchev–Trinajstić information content (AvgIpc) is 3.51. The van der Waals surface area contributed by atoms with Crippen LogP contribution >= 0.6 is 0 Å². The first-order valence-corrected chi connectivity index (χ1v) is 34.0. The van der Waals surface area contributed by atoms with Gasteiger partial charge in [0.25, 0.3) is 0 Å². The molecular formula is C79H124O5. The lowest BCUT2D eigenvalue weighted by Gasteiger charge is -2.15. The van der Waals surface area contributed by atoms with Crippen LogP contribution in [0.25, 0.3) is 0 Å². The Balaban J connectivity index is 3.59. The van der Waals surface area contributed by atoms with E-state index in [4.69, 9.17) is 9.47 Å². The minimum atomic E-state index is -0.793. The summed E-state index contributed by atoms with van der Waals surface area (Å²) in [5.41, 5.74) is 0. The summed E-state index contributed by atoms with van der Waals surface area (Å²) in [7, 11) is 0. The molecule has 1 unspecified atom stereocenters. The van der Waals surface area contributed by atoms with Crippen molar-refractivity contribution in [2.75, 3.05) is 13.2 Å². The fraction of sp³-hybridized carbons (Fsp3) is 0.570. The topological polar surface area (TPSA) is 72.8 Å². The molecule has 5 heteroatoms. The molecule has 0 aromatic rings. The Labute approximate surface area is 518 Å². The van der Waals surface area contributed by atoms with Crippen LogP contribution in [-0.4, -0.2) is 36.4 Å². The number of aliphatic hydroxyl groups excluding tert-OH is 1. The number of aliphatic hydroxyl groups is 1. The number of rotatable bonds is 60. The first-order chi connectivity index (χ1) is 41.6. The molecule has 0 bridgehead atoms. The highest BCUT2D eigenvalue weighted by atomic mass is 16.6. The maximum absolute atomic E-state index is 12.4. The van der Waals surface area contributed by atoms with Crippen LogP contribution in [0.1, 0.15) is 271 Å². The molecule has 470 valence electrons. The van der Waals surface area contributed by atoms with Gasteiger partial charge < -0.3 is 14.6 Å². The maximum atomic E-state index is 12.4. The van der Waals surface area contributed by atoms with E-state index in [1.807, 2.05) is 0 Å². The van der Waals surface area contributed by atoms with Crippen molar-refractivity contribution < 1.29 is 24.2 Å². The lowest BCUT2D eigenvalue weighted by Crippen LogP contribution is -2.28. The van der Waals surface area contributed by atoms with E-state index in [2.05, 4.69) is 208 Å². The molecule has 0 aromatic heterocycles. The minimum Gasteiger partial charge on any atom is -0.462 e. The van der Waals surface area contributed by atoms with E-state index in [0.29, 0.717) is 12.8 Å². The summed E-state index contributed by atoms with van der Waals surface area (Å²) in [5.74, 6) is -0.611. The predicted octanol–water partition coefficient (Wildman–Crippen LogP) is 24.0. The summed E-state index contributed by atoms with van der Waals surface area (Å²) < 4.78 is 10.7. The van der Waals surface area contributed by atoms with Crippen LogP contribution in [-0.2, 0) is 19.1 Å². The molecule has 0 saturated carbocycles. The zero-order valence-corrected chi connectivity index (χ0v) is 53.8. The number of hydrogen-bond acceptors (Lipinski definition) is 5. The van der Waals surface area contributed by atoms with Crippen molar-refractivity contribution >= 4 is 11.9 Å². The molecule has 0 aromatic carbocycles. The molecule has 0 rings (SSSR count). The number of carbonyl (C=O) groups excluding carboxylic acids is 2. The Bertz CT molecular complexity index is 1930. The molecule has 1 N–H and O–H groups in total. The maximum Gasteiger partial charge on any atom is 0.306 e. The SMILES string of the molecule is CC/C=C\C/C=C\C/C=C\C/C=C\C/C=C\C/C=C\C/C=C\C/C=C\CCCCCCCCCCCCCCC(=O)OC(CO)COC(=O)CCCCCCCCCC/C=C\C/C=C\C/C=C\C/C=C\C/C=C\C/C=C\C/C=C\C/C=C\CC. The Morgan fingerprint density at radius 2 is 0.476 bits per heavy atom. The molecule has 1 atom stereocenters. The van der Waals surface area contributed by atoms with Crippen molar-refractivity contribution in [2.45, 2.75) is 277 Å². The monoisotopic (exact) mass is 1150 g/mol. The third-order valence-electron chi connectivity index (χ3n) is 13.9. The van der Waals surface area contributed by atoms with Gasteiger partial charge >= 0.3 is 11.9 Å². The van der Waals surface area contributed by atoms with Crippen molar-refractivity contribution in [3.63, 3.8) is 0 Å². The van der Waals surface area contributed by atoms with Crippen LogP contribution in [0.3, 0.4) is 0 Å². The third kappa shape index (κ3) is 69.2. The second-order valence-corrected chi connectivity index (χ2v) is 21.8. The van der Waals surface area contributed by atoms with Gasteiger partial charge in [-0.2, -0.15) is 0 Å². The summed E-state index contributed by atoms with van der Waals surface area (Å²) >= 11 is 0. The molecule has 84 heavy (non-hydrogen) atoms. The molecule has 0 heterocycles. The Morgan fingerprint density at radius 3 is 0.714 bits per heavy atom. The van der Waals surface area contributed by atoms with Gasteiger partial charge in [-0.3, -0.25) is 9.59 Å². The molecule has 0 spiro atoms. The van der Waals surface area contributed by atoms with E-state index in [9.17, 15) is 14.7 Å². The summed E-state index contributed by atoms with van der Waals surface area (Å²) in [4.78, 5) is 24.7. The molecule has 0 saturated heterocycles. The summed E-state index contributed by atoms with van der Waals surface area (Å²) in [5, 5.41) is 9.70. The Morgan fingerprint density at radius 1 is 0.274 bits per heavy atom. The van der Waals surface area contributed by atoms with Gasteiger partial charge in [0, 0.05) is 12.8 Å². The normalized spacial score (nSPS) is 13.5. The highest BCUT2D eigenvalue weighted by molar-refractivity contribution is 5.70. The summed E-state index contributed by atoms with van der Waals surface area (Å²) in [6.45, 7) is 3.90. The quantitative estimate of drug-likeness (QED) is 0.0373. The summed E-state index contributed by atoms with van der Waals surface area (Å²) in [6, 6.07) is 0. The van der Waals surface area contributed by atoms with Crippen molar-refractivity contribution in [2.24, 2.45) is 0 Å². The van der Waals surface area contributed by atoms with Gasteiger partial charge in [-0.15, -0.1) is 0 Å². The molecule has 0 aliphatic carbocycles. The van der Waals surface area contributed by atoms with E-state index in [0.717, 1.165) is 148 Å². The van der Waals surface area contributed by atoms with Gasteiger partial charge in [-0.05, 0) is 141 Å². The van der Waals surface area contributed by atoms with Crippen LogP contribution < -0.4 is 0 Å². The zero-order chi connectivity index (χ0) is 60.5. The Hall–Kier alpha value is -5.26. The molecule has 0 aliphatic rings. The number of unbranched alkanes of at least 4 members (excludes halogenated alkanes) is 20. The number of ether oxygens (including phenoxy) is 2. The average molecular weight is 1150 g/mol. The molecular weight excluding hydrogens is 1030 g/mol. The smallest absolute Gasteiger partial charge is 0.306 e. The number of esters is 2. The molecule has 5 nitrogen and oxygen atoms in total. The van der Waals surface area contributed by atoms with Gasteiger partial charge in [0.1, 0.15) is 6.61 Å². The standard InChI is InChI=1S/C79H124O5/c1-3-5-7-9-11-13-15-17-19-21-23-25-27-29-31-33-35-37-38-39-40-42-44-46-48-50-52-54-56-58-60-62-64-66-68-70-72-74-79(82)84-77(75-80)76-83-78(81)73-71-69-67-65-63-61-59-57-55-53-51-49-47-45-43-41-36-34-32-30-28-26-24-22-20-18-16-14-12-10-8-6-4-2/h5-8,11-14,17-20,23-26,29-32,35-37,39-41,44-47,51,53,77,80H,3-4,9-10,15-16,21-22,27-28,33-34,38,42-43,48-50,52,54-76H2,1-2H3/b7-5-,8-6-,13-11-,14-12-,19-17-,20-18-,25-23-,26-24-,31-29-,32-30-,37-35-,40-39-,41-36-,46-44-,47-45-,53-51-. The Kier molecular flexibility index (Phi) is 67.5. The predicted molar refractivity (Wildman–Crippen MR) is 370 cm³/mol. The van der Waals surface area contributed by atoms with Crippen LogP contribution in [0.5, 0.6) is 0 Å². The molecule has 0 radical (unpaired) electrons. The first-order valence-electron chi connectivity index (χ1n) is 34.0. The highest BCUT2D eigenvalue weighted by Crippen LogP contribution is 2.15. The summed E-state index contributed by atoms with van der Waals surface area (Å²) in [6.07, 6.45) is 114. The van der Waals surface area contributed by atoms with E-state index >= 15 is 0 Å². The van der Waals surface area contributed by atoms with E-state index in [-0.39, 0.29) is 25.2 Å².